The second kappa shape index (κ2) is 6.35. The molecule has 0 aromatic rings. The summed E-state index contributed by atoms with van der Waals surface area (Å²) in [6, 6.07) is 0. The van der Waals surface area contributed by atoms with Crippen molar-refractivity contribution in [1.82, 2.24) is 0 Å². The zero-order chi connectivity index (χ0) is 10.3. The van der Waals surface area contributed by atoms with Gasteiger partial charge in [-0.1, -0.05) is 12.1 Å². The van der Waals surface area contributed by atoms with Crippen LogP contribution in [-0.2, 0) is 9.16 Å². The summed E-state index contributed by atoms with van der Waals surface area (Å²) in [5.41, 5.74) is -0.0613. The second-order valence-electron chi connectivity index (χ2n) is 3.87. The molecule has 0 unspecified atom stereocenters. The number of rotatable bonds is 6. The Balaban J connectivity index is 3.22. The van der Waals surface area contributed by atoms with Gasteiger partial charge < -0.3 is 9.16 Å². The van der Waals surface area contributed by atoms with Gasteiger partial charge in [-0.25, -0.2) is 0 Å². The van der Waals surface area contributed by atoms with Crippen LogP contribution in [0.15, 0.2) is 11.8 Å². The van der Waals surface area contributed by atoms with Crippen molar-refractivity contribution in [2.24, 2.45) is 0 Å². The molecule has 0 bridgehead atoms. The minimum absolute atomic E-state index is 0.0613. The summed E-state index contributed by atoms with van der Waals surface area (Å²) in [4.78, 5) is 0. The average molecular weight is 200 g/mol. The summed E-state index contributed by atoms with van der Waals surface area (Å²) >= 11 is 0. The smallest absolute Gasteiger partial charge is 0.263 e. The lowest BCUT2D eigenvalue weighted by Crippen LogP contribution is -2.22. The fraction of sp³-hybridized carbons (Fsp3) is 0.800. The van der Waals surface area contributed by atoms with Crippen LogP contribution in [0.2, 0.25) is 0 Å². The highest BCUT2D eigenvalue weighted by Gasteiger charge is 2.08. The maximum absolute atomic E-state index is 5.49. The summed E-state index contributed by atoms with van der Waals surface area (Å²) in [5, 5.41) is 1.16. The SMILES string of the molecule is C=C(CC)[Si]OCCOC(C)(C)C. The predicted octanol–water partition coefficient (Wildman–Crippen LogP) is 2.36. The predicted molar refractivity (Wildman–Crippen MR) is 56.8 cm³/mol. The lowest BCUT2D eigenvalue weighted by molar-refractivity contribution is -0.0159. The Labute approximate surface area is 84.3 Å². The standard InChI is InChI=1S/C10H20O2Si/c1-6-9(2)13-12-8-7-11-10(3,4)5/h2,6-8H2,1,3-5H3. The van der Waals surface area contributed by atoms with Crippen molar-refractivity contribution in [2.45, 2.75) is 39.7 Å². The van der Waals surface area contributed by atoms with E-state index in [9.17, 15) is 0 Å². The fourth-order valence-corrected chi connectivity index (χ4v) is 1.15. The molecule has 0 aliphatic heterocycles. The van der Waals surface area contributed by atoms with E-state index >= 15 is 0 Å². The molecule has 0 aromatic carbocycles. The van der Waals surface area contributed by atoms with E-state index in [0.717, 1.165) is 11.6 Å². The van der Waals surface area contributed by atoms with Gasteiger partial charge in [0.25, 0.3) is 9.76 Å². The zero-order valence-electron chi connectivity index (χ0n) is 9.14. The molecular formula is C10H20O2Si. The molecular weight excluding hydrogens is 180 g/mol. The Bertz CT molecular complexity index is 149. The van der Waals surface area contributed by atoms with Crippen LogP contribution in [0.3, 0.4) is 0 Å². The van der Waals surface area contributed by atoms with Crippen molar-refractivity contribution in [3.05, 3.63) is 11.8 Å². The number of hydrogen-bond acceptors (Lipinski definition) is 2. The van der Waals surface area contributed by atoms with Crippen molar-refractivity contribution >= 4 is 9.76 Å². The maximum Gasteiger partial charge on any atom is 0.263 e. The summed E-state index contributed by atoms with van der Waals surface area (Å²) in [7, 11) is 0.425. The van der Waals surface area contributed by atoms with Crippen LogP contribution in [0.5, 0.6) is 0 Å². The van der Waals surface area contributed by atoms with Crippen LogP contribution < -0.4 is 0 Å². The molecule has 0 aliphatic rings. The quantitative estimate of drug-likeness (QED) is 0.484. The minimum atomic E-state index is -0.0613. The van der Waals surface area contributed by atoms with E-state index in [-0.39, 0.29) is 5.60 Å². The van der Waals surface area contributed by atoms with E-state index < -0.39 is 0 Å². The van der Waals surface area contributed by atoms with Crippen LogP contribution in [0.1, 0.15) is 34.1 Å². The van der Waals surface area contributed by atoms with Gasteiger partial charge in [0.15, 0.2) is 0 Å². The van der Waals surface area contributed by atoms with Gasteiger partial charge in [-0.2, -0.15) is 0 Å². The molecule has 76 valence electrons. The molecule has 0 N–H and O–H groups in total. The average Bonchev–Trinajstić information content (AvgIpc) is 2.01. The highest BCUT2D eigenvalue weighted by Crippen LogP contribution is 2.05. The highest BCUT2D eigenvalue weighted by molar-refractivity contribution is 6.37. The highest BCUT2D eigenvalue weighted by atomic mass is 28.2. The summed E-state index contributed by atoms with van der Waals surface area (Å²) in [6.45, 7) is 13.4. The minimum Gasteiger partial charge on any atom is -0.409 e. The van der Waals surface area contributed by atoms with Gasteiger partial charge in [-0.05, 0) is 27.2 Å². The van der Waals surface area contributed by atoms with Gasteiger partial charge >= 0.3 is 0 Å². The van der Waals surface area contributed by atoms with Crippen LogP contribution in [-0.4, -0.2) is 28.6 Å². The molecule has 0 aromatic heterocycles. The van der Waals surface area contributed by atoms with Gasteiger partial charge in [0, 0.05) is 0 Å². The van der Waals surface area contributed by atoms with E-state index in [1.54, 1.807) is 0 Å². The first-order valence-corrected chi connectivity index (χ1v) is 5.56. The Kier molecular flexibility index (Phi) is 6.29. The number of allylic oxidation sites excluding steroid dienone is 1. The van der Waals surface area contributed by atoms with Crippen LogP contribution in [0.4, 0.5) is 0 Å². The molecule has 0 aliphatic carbocycles. The monoisotopic (exact) mass is 200 g/mol. The summed E-state index contributed by atoms with van der Waals surface area (Å²) in [5.74, 6) is 0. The van der Waals surface area contributed by atoms with Gasteiger partial charge in [0.05, 0.1) is 18.8 Å². The molecule has 3 heteroatoms. The Morgan fingerprint density at radius 1 is 1.31 bits per heavy atom. The number of hydrogen-bond donors (Lipinski definition) is 0. The van der Waals surface area contributed by atoms with Crippen molar-refractivity contribution in [2.75, 3.05) is 13.2 Å². The van der Waals surface area contributed by atoms with E-state index in [2.05, 4.69) is 13.5 Å². The van der Waals surface area contributed by atoms with E-state index in [1.165, 1.54) is 0 Å². The molecule has 0 saturated carbocycles. The fourth-order valence-electron chi connectivity index (χ4n) is 0.615. The van der Waals surface area contributed by atoms with Crippen molar-refractivity contribution in [3.8, 4) is 0 Å². The molecule has 2 nitrogen and oxygen atoms in total. The molecule has 0 amide bonds. The molecule has 0 rings (SSSR count). The molecule has 0 heterocycles. The maximum atomic E-state index is 5.49. The van der Waals surface area contributed by atoms with Crippen molar-refractivity contribution in [3.63, 3.8) is 0 Å². The van der Waals surface area contributed by atoms with E-state index in [4.69, 9.17) is 9.16 Å². The molecule has 0 saturated heterocycles. The first kappa shape index (κ1) is 12.9. The zero-order valence-corrected chi connectivity index (χ0v) is 10.1. The topological polar surface area (TPSA) is 18.5 Å². The van der Waals surface area contributed by atoms with Gasteiger partial charge in [0.1, 0.15) is 0 Å². The Hall–Kier alpha value is -0.123. The van der Waals surface area contributed by atoms with Gasteiger partial charge in [-0.3, -0.25) is 0 Å². The molecule has 0 atom stereocenters. The van der Waals surface area contributed by atoms with Crippen molar-refractivity contribution < 1.29 is 9.16 Å². The molecule has 0 fully saturated rings. The van der Waals surface area contributed by atoms with Crippen molar-refractivity contribution in [1.29, 1.82) is 0 Å². The third-order valence-corrected chi connectivity index (χ3v) is 2.35. The number of ether oxygens (including phenoxy) is 1. The molecule has 2 radical (unpaired) electrons. The lowest BCUT2D eigenvalue weighted by atomic mass is 10.2. The first-order valence-electron chi connectivity index (χ1n) is 4.65. The normalized spacial score (nSPS) is 11.7. The van der Waals surface area contributed by atoms with E-state index in [0.29, 0.717) is 23.0 Å². The van der Waals surface area contributed by atoms with Gasteiger partial charge in [0.2, 0.25) is 0 Å². The van der Waals surface area contributed by atoms with Crippen LogP contribution in [0.25, 0.3) is 0 Å². The second-order valence-corrected chi connectivity index (χ2v) is 5.07. The van der Waals surface area contributed by atoms with E-state index in [1.807, 2.05) is 20.8 Å². The third-order valence-electron chi connectivity index (χ3n) is 1.36. The summed E-state index contributed by atoms with van der Waals surface area (Å²) in [6.07, 6.45) is 0.999. The summed E-state index contributed by atoms with van der Waals surface area (Å²) < 4.78 is 10.9. The Morgan fingerprint density at radius 3 is 2.38 bits per heavy atom. The third kappa shape index (κ3) is 9.79. The lowest BCUT2D eigenvalue weighted by Gasteiger charge is -2.19. The first-order chi connectivity index (χ1) is 5.95. The van der Waals surface area contributed by atoms with Gasteiger partial charge in [-0.15, -0.1) is 6.58 Å². The van der Waals surface area contributed by atoms with Crippen LogP contribution in [0, 0.1) is 0 Å². The Morgan fingerprint density at radius 2 is 1.92 bits per heavy atom. The van der Waals surface area contributed by atoms with Crippen LogP contribution >= 0.6 is 0 Å². The largest absolute Gasteiger partial charge is 0.409 e. The molecule has 0 spiro atoms. The molecule has 13 heavy (non-hydrogen) atoms.